The van der Waals surface area contributed by atoms with Gasteiger partial charge in [-0.2, -0.15) is 0 Å². The van der Waals surface area contributed by atoms with Gasteiger partial charge in [0.1, 0.15) is 5.75 Å². The largest absolute Gasteiger partial charge is 0.508 e. The van der Waals surface area contributed by atoms with Crippen LogP contribution in [0.2, 0.25) is 0 Å². The summed E-state index contributed by atoms with van der Waals surface area (Å²) in [6, 6.07) is 6.23. The number of amides is 1. The fraction of sp³-hybridized carbons (Fsp3) is 0.417. The molecule has 0 saturated carbocycles. The van der Waals surface area contributed by atoms with Crippen molar-refractivity contribution < 1.29 is 9.90 Å². The molecule has 0 aromatic heterocycles. The van der Waals surface area contributed by atoms with E-state index in [1.807, 2.05) is 0 Å². The number of phenols is 1. The van der Waals surface area contributed by atoms with E-state index in [9.17, 15) is 4.79 Å². The van der Waals surface area contributed by atoms with Crippen molar-refractivity contribution in [2.45, 2.75) is 24.6 Å². The average molecular weight is 286 g/mol. The molecule has 0 spiro atoms. The van der Waals surface area contributed by atoms with E-state index in [0.717, 1.165) is 12.8 Å². The lowest BCUT2D eigenvalue weighted by Crippen LogP contribution is -2.25. The Labute approximate surface area is 104 Å². The molecule has 3 nitrogen and oxygen atoms in total. The van der Waals surface area contributed by atoms with Crippen LogP contribution >= 0.6 is 15.9 Å². The van der Waals surface area contributed by atoms with Crippen LogP contribution in [0.1, 0.15) is 30.1 Å². The van der Waals surface area contributed by atoms with Crippen LogP contribution < -0.4 is 5.32 Å². The van der Waals surface area contributed by atoms with Gasteiger partial charge in [0.15, 0.2) is 0 Å². The summed E-state index contributed by atoms with van der Waals surface area (Å²) in [4.78, 5) is 12.1. The molecule has 88 valence electrons. The van der Waals surface area contributed by atoms with E-state index >= 15 is 0 Å². The van der Waals surface area contributed by atoms with Crippen molar-refractivity contribution in [1.29, 1.82) is 0 Å². The van der Waals surface area contributed by atoms with Crippen LogP contribution in [0, 0.1) is 0 Å². The average Bonchev–Trinajstić information content (AvgIpc) is 2.29. The molecular weight excluding hydrogens is 270 g/mol. The van der Waals surface area contributed by atoms with Crippen LogP contribution in [0.3, 0.4) is 0 Å². The van der Waals surface area contributed by atoms with Gasteiger partial charge in [-0.05, 0) is 37.1 Å². The van der Waals surface area contributed by atoms with Gasteiger partial charge in [0.25, 0.3) is 5.91 Å². The zero-order chi connectivity index (χ0) is 12.0. The summed E-state index contributed by atoms with van der Waals surface area (Å²) >= 11 is 3.51. The van der Waals surface area contributed by atoms with E-state index in [1.165, 1.54) is 12.1 Å². The maximum absolute atomic E-state index is 11.6. The van der Waals surface area contributed by atoms with E-state index in [2.05, 4.69) is 28.2 Å². The van der Waals surface area contributed by atoms with Crippen molar-refractivity contribution in [3.63, 3.8) is 0 Å². The molecule has 0 fully saturated rings. The summed E-state index contributed by atoms with van der Waals surface area (Å²) in [5.41, 5.74) is 0.570. The number of rotatable bonds is 5. The second-order valence-corrected chi connectivity index (χ2v) is 4.89. The van der Waals surface area contributed by atoms with E-state index in [1.54, 1.807) is 12.1 Å². The number of carbonyl (C=O) groups is 1. The molecule has 1 aromatic rings. The Morgan fingerprint density at radius 2 is 2.06 bits per heavy atom. The lowest BCUT2D eigenvalue weighted by atomic mass is 10.2. The molecule has 4 heteroatoms. The molecule has 0 bridgehead atoms. The number of aromatic hydroxyl groups is 1. The fourth-order valence-electron chi connectivity index (χ4n) is 1.26. The van der Waals surface area contributed by atoms with Gasteiger partial charge in [0, 0.05) is 16.9 Å². The van der Waals surface area contributed by atoms with Gasteiger partial charge in [-0.3, -0.25) is 4.79 Å². The molecule has 1 unspecified atom stereocenters. The number of halogens is 1. The third-order valence-corrected chi connectivity index (χ3v) is 3.42. The van der Waals surface area contributed by atoms with Gasteiger partial charge in [0.2, 0.25) is 0 Å². The van der Waals surface area contributed by atoms with Gasteiger partial charge in [0.05, 0.1) is 0 Å². The smallest absolute Gasteiger partial charge is 0.251 e. The quantitative estimate of drug-likeness (QED) is 0.818. The van der Waals surface area contributed by atoms with Crippen molar-refractivity contribution in [3.05, 3.63) is 29.8 Å². The Morgan fingerprint density at radius 1 is 1.44 bits per heavy atom. The highest BCUT2D eigenvalue weighted by Crippen LogP contribution is 2.10. The second kappa shape index (κ2) is 6.53. The molecule has 2 N–H and O–H groups in total. The predicted molar refractivity (Wildman–Crippen MR) is 68.1 cm³/mol. The Bertz CT molecular complexity index is 337. The zero-order valence-electron chi connectivity index (χ0n) is 9.24. The molecule has 1 rings (SSSR count). The minimum atomic E-state index is -0.101. The van der Waals surface area contributed by atoms with Gasteiger partial charge in [-0.1, -0.05) is 22.9 Å². The molecule has 16 heavy (non-hydrogen) atoms. The number of alkyl halides is 1. The van der Waals surface area contributed by atoms with Crippen molar-refractivity contribution in [3.8, 4) is 5.75 Å². The molecule has 0 aliphatic heterocycles. The van der Waals surface area contributed by atoms with Crippen molar-refractivity contribution >= 4 is 21.8 Å². The second-order valence-electron chi connectivity index (χ2n) is 3.60. The number of benzene rings is 1. The number of hydrogen-bond acceptors (Lipinski definition) is 2. The van der Waals surface area contributed by atoms with E-state index in [-0.39, 0.29) is 11.7 Å². The Balaban J connectivity index is 2.38. The van der Waals surface area contributed by atoms with Crippen LogP contribution in [-0.2, 0) is 0 Å². The molecule has 1 aromatic carbocycles. The van der Waals surface area contributed by atoms with E-state index in [0.29, 0.717) is 16.9 Å². The lowest BCUT2D eigenvalue weighted by molar-refractivity contribution is 0.0953. The predicted octanol–water partition coefficient (Wildman–Crippen LogP) is 2.69. The molecule has 1 atom stereocenters. The summed E-state index contributed by atoms with van der Waals surface area (Å²) < 4.78 is 0. The topological polar surface area (TPSA) is 49.3 Å². The fourth-order valence-corrected chi connectivity index (χ4v) is 1.49. The minimum Gasteiger partial charge on any atom is -0.508 e. The van der Waals surface area contributed by atoms with Crippen molar-refractivity contribution in [2.24, 2.45) is 0 Å². The highest BCUT2D eigenvalue weighted by atomic mass is 79.9. The number of nitrogens with one attached hydrogen (secondary N) is 1. The first-order valence-corrected chi connectivity index (χ1v) is 6.26. The van der Waals surface area contributed by atoms with Crippen LogP contribution in [0.4, 0.5) is 0 Å². The highest BCUT2D eigenvalue weighted by molar-refractivity contribution is 9.09. The van der Waals surface area contributed by atoms with E-state index in [4.69, 9.17) is 5.11 Å². The molecule has 1 amide bonds. The Hall–Kier alpha value is -1.03. The minimum absolute atomic E-state index is 0.101. The van der Waals surface area contributed by atoms with E-state index < -0.39 is 0 Å². The maximum Gasteiger partial charge on any atom is 0.251 e. The third-order valence-electron chi connectivity index (χ3n) is 2.32. The first kappa shape index (κ1) is 13.0. The van der Waals surface area contributed by atoms with Gasteiger partial charge in [-0.25, -0.2) is 0 Å². The molecule has 0 heterocycles. The number of hydrogen-bond donors (Lipinski definition) is 2. The normalized spacial score (nSPS) is 12.1. The van der Waals surface area contributed by atoms with Crippen LogP contribution in [0.15, 0.2) is 24.3 Å². The SMILES string of the molecule is CCC(Br)CCNC(=O)c1ccc(O)cc1. The third kappa shape index (κ3) is 4.23. The molecule has 0 aliphatic carbocycles. The number of carbonyl (C=O) groups excluding carboxylic acids is 1. The Morgan fingerprint density at radius 3 is 2.62 bits per heavy atom. The summed E-state index contributed by atoms with van der Waals surface area (Å²) in [7, 11) is 0. The van der Waals surface area contributed by atoms with Gasteiger partial charge < -0.3 is 10.4 Å². The highest BCUT2D eigenvalue weighted by Gasteiger charge is 2.06. The molecule has 0 saturated heterocycles. The molecule has 0 radical (unpaired) electrons. The summed E-state index contributed by atoms with van der Waals surface area (Å²) in [6.45, 7) is 2.75. The summed E-state index contributed by atoms with van der Waals surface area (Å²) in [6.07, 6.45) is 1.97. The maximum atomic E-state index is 11.6. The van der Waals surface area contributed by atoms with Crippen LogP contribution in [0.5, 0.6) is 5.75 Å². The Kier molecular flexibility index (Phi) is 5.32. The lowest BCUT2D eigenvalue weighted by Gasteiger charge is -2.08. The molecule has 0 aliphatic rings. The molecular formula is C12H16BrNO2. The first-order valence-electron chi connectivity index (χ1n) is 5.34. The monoisotopic (exact) mass is 285 g/mol. The number of phenolic OH excluding ortho intramolecular Hbond substituents is 1. The van der Waals surface area contributed by atoms with Gasteiger partial charge in [-0.15, -0.1) is 0 Å². The van der Waals surface area contributed by atoms with Crippen molar-refractivity contribution in [1.82, 2.24) is 5.32 Å². The first-order chi connectivity index (χ1) is 7.63. The summed E-state index contributed by atoms with van der Waals surface area (Å²) in [5.74, 6) is 0.0684. The standard InChI is InChI=1S/C12H16BrNO2/c1-2-10(13)7-8-14-12(16)9-3-5-11(15)6-4-9/h3-6,10,15H,2,7-8H2,1H3,(H,14,16). The van der Waals surface area contributed by atoms with Crippen molar-refractivity contribution in [2.75, 3.05) is 6.54 Å². The zero-order valence-corrected chi connectivity index (χ0v) is 10.8. The summed E-state index contributed by atoms with van der Waals surface area (Å²) in [5, 5.41) is 11.9. The van der Waals surface area contributed by atoms with Crippen LogP contribution in [0.25, 0.3) is 0 Å². The van der Waals surface area contributed by atoms with Gasteiger partial charge >= 0.3 is 0 Å². The van der Waals surface area contributed by atoms with Crippen LogP contribution in [-0.4, -0.2) is 22.4 Å².